The first kappa shape index (κ1) is 11.7. The Morgan fingerprint density at radius 2 is 2.11 bits per heavy atom. The number of nitrogens with zero attached hydrogens (tertiary/aromatic N) is 1. The first-order valence-electron chi connectivity index (χ1n) is 6.44. The monoisotopic (exact) mass is 247 g/mol. The molecule has 3 atom stereocenters. The van der Waals surface area contributed by atoms with Gasteiger partial charge in [-0.05, 0) is 12.0 Å². The Labute approximate surface area is 106 Å². The van der Waals surface area contributed by atoms with Crippen molar-refractivity contribution in [3.8, 4) is 0 Å². The molecule has 2 aliphatic heterocycles. The van der Waals surface area contributed by atoms with Crippen LogP contribution in [0.4, 0.5) is 0 Å². The van der Waals surface area contributed by atoms with Crippen LogP contribution in [0.5, 0.6) is 0 Å². The lowest BCUT2D eigenvalue weighted by atomic mass is 10.0. The average molecular weight is 247 g/mol. The van der Waals surface area contributed by atoms with Gasteiger partial charge in [0.2, 0.25) is 0 Å². The van der Waals surface area contributed by atoms with Gasteiger partial charge < -0.3 is 4.74 Å². The molecule has 0 N–H and O–H groups in total. The number of carbonyl (C=O) groups is 1. The zero-order chi connectivity index (χ0) is 12.5. The standard InChI is InChI=1S/C14H17NO3/c1-2-11-14-12(8-13(16)17-14)18-15(11)9-10-6-4-3-5-7-10/h3-7,11-12,14H,2,8-9H2,1H3/t11-,12-,14-/m1/s1. The summed E-state index contributed by atoms with van der Waals surface area (Å²) in [6.07, 6.45) is 1.12. The molecule has 18 heavy (non-hydrogen) atoms. The highest BCUT2D eigenvalue weighted by Crippen LogP contribution is 2.34. The molecule has 2 fully saturated rings. The Bertz CT molecular complexity index is 434. The molecule has 0 amide bonds. The second kappa shape index (κ2) is 4.71. The summed E-state index contributed by atoms with van der Waals surface area (Å²) in [5.41, 5.74) is 1.21. The van der Waals surface area contributed by atoms with E-state index in [4.69, 9.17) is 9.57 Å². The molecule has 0 radical (unpaired) electrons. The molecule has 1 aromatic carbocycles. The molecule has 0 unspecified atom stereocenters. The molecular formula is C14H17NO3. The van der Waals surface area contributed by atoms with Crippen LogP contribution in [-0.4, -0.2) is 29.3 Å². The third kappa shape index (κ3) is 2.02. The van der Waals surface area contributed by atoms with E-state index in [1.807, 2.05) is 23.3 Å². The average Bonchev–Trinajstić information content (AvgIpc) is 2.85. The number of hydroxylamine groups is 2. The van der Waals surface area contributed by atoms with Crippen molar-refractivity contribution in [2.45, 2.75) is 44.6 Å². The number of ether oxygens (including phenoxy) is 1. The first-order chi connectivity index (χ1) is 8.78. The van der Waals surface area contributed by atoms with Crippen LogP contribution in [0.25, 0.3) is 0 Å². The zero-order valence-electron chi connectivity index (χ0n) is 10.4. The predicted octanol–water partition coefficient (Wildman–Crippen LogP) is 1.90. The molecule has 0 spiro atoms. The van der Waals surface area contributed by atoms with Gasteiger partial charge >= 0.3 is 5.97 Å². The third-order valence-corrected chi connectivity index (χ3v) is 3.62. The minimum absolute atomic E-state index is 0.0915. The van der Waals surface area contributed by atoms with E-state index in [-0.39, 0.29) is 24.2 Å². The molecule has 96 valence electrons. The Hall–Kier alpha value is -1.39. The van der Waals surface area contributed by atoms with E-state index < -0.39 is 0 Å². The maximum Gasteiger partial charge on any atom is 0.309 e. The molecule has 2 aliphatic rings. The highest BCUT2D eigenvalue weighted by atomic mass is 16.7. The van der Waals surface area contributed by atoms with Gasteiger partial charge in [0.25, 0.3) is 0 Å². The molecular weight excluding hydrogens is 230 g/mol. The number of esters is 1. The number of hydrogen-bond acceptors (Lipinski definition) is 4. The van der Waals surface area contributed by atoms with Crippen molar-refractivity contribution in [1.82, 2.24) is 5.06 Å². The molecule has 2 heterocycles. The van der Waals surface area contributed by atoms with E-state index in [1.165, 1.54) is 5.56 Å². The Morgan fingerprint density at radius 3 is 2.83 bits per heavy atom. The molecule has 1 aromatic rings. The Kier molecular flexibility index (Phi) is 3.06. The SMILES string of the molecule is CC[C@@H]1[C@H]2OC(=O)C[C@H]2ON1Cc1ccccc1. The zero-order valence-corrected chi connectivity index (χ0v) is 10.4. The predicted molar refractivity (Wildman–Crippen MR) is 65.4 cm³/mol. The maximum atomic E-state index is 11.3. The summed E-state index contributed by atoms with van der Waals surface area (Å²) in [6.45, 7) is 2.84. The van der Waals surface area contributed by atoms with E-state index in [2.05, 4.69) is 19.1 Å². The summed E-state index contributed by atoms with van der Waals surface area (Å²) < 4.78 is 5.35. The summed E-state index contributed by atoms with van der Waals surface area (Å²) in [7, 11) is 0. The normalized spacial score (nSPS) is 31.4. The van der Waals surface area contributed by atoms with Crippen molar-refractivity contribution in [1.29, 1.82) is 0 Å². The Balaban J connectivity index is 1.72. The van der Waals surface area contributed by atoms with Gasteiger partial charge in [-0.15, -0.1) is 0 Å². The van der Waals surface area contributed by atoms with Crippen molar-refractivity contribution < 1.29 is 14.4 Å². The van der Waals surface area contributed by atoms with Gasteiger partial charge in [0.15, 0.2) is 0 Å². The van der Waals surface area contributed by atoms with Crippen molar-refractivity contribution in [2.24, 2.45) is 0 Å². The molecule has 3 rings (SSSR count). The fourth-order valence-electron chi connectivity index (χ4n) is 2.75. The van der Waals surface area contributed by atoms with Crippen LogP contribution in [0.1, 0.15) is 25.3 Å². The fraction of sp³-hybridized carbons (Fsp3) is 0.500. The summed E-state index contributed by atoms with van der Waals surface area (Å²) in [5, 5.41) is 1.97. The van der Waals surface area contributed by atoms with Crippen LogP contribution in [0.2, 0.25) is 0 Å². The van der Waals surface area contributed by atoms with Crippen molar-refractivity contribution in [3.63, 3.8) is 0 Å². The number of rotatable bonds is 3. The summed E-state index contributed by atoms with van der Waals surface area (Å²) >= 11 is 0. The summed E-state index contributed by atoms with van der Waals surface area (Å²) in [5.74, 6) is -0.136. The van der Waals surface area contributed by atoms with E-state index >= 15 is 0 Å². The lowest BCUT2D eigenvalue weighted by Crippen LogP contribution is -2.35. The molecule has 0 saturated carbocycles. The van der Waals surface area contributed by atoms with Gasteiger partial charge in [-0.25, -0.2) is 0 Å². The largest absolute Gasteiger partial charge is 0.458 e. The molecule has 0 bridgehead atoms. The minimum Gasteiger partial charge on any atom is -0.458 e. The lowest BCUT2D eigenvalue weighted by Gasteiger charge is -2.23. The van der Waals surface area contributed by atoms with Crippen LogP contribution in [0.3, 0.4) is 0 Å². The van der Waals surface area contributed by atoms with Crippen molar-refractivity contribution in [3.05, 3.63) is 35.9 Å². The minimum atomic E-state index is -0.136. The van der Waals surface area contributed by atoms with Crippen LogP contribution < -0.4 is 0 Å². The van der Waals surface area contributed by atoms with Gasteiger partial charge in [0, 0.05) is 6.54 Å². The van der Waals surface area contributed by atoms with E-state index in [0.717, 1.165) is 13.0 Å². The highest BCUT2D eigenvalue weighted by Gasteiger charge is 2.49. The fourth-order valence-corrected chi connectivity index (χ4v) is 2.75. The number of carbonyl (C=O) groups excluding carboxylic acids is 1. The summed E-state index contributed by atoms with van der Waals surface area (Å²) in [6, 6.07) is 10.4. The first-order valence-corrected chi connectivity index (χ1v) is 6.44. The maximum absolute atomic E-state index is 11.3. The van der Waals surface area contributed by atoms with Gasteiger partial charge in [-0.3, -0.25) is 9.63 Å². The molecule has 0 aromatic heterocycles. The van der Waals surface area contributed by atoms with Crippen LogP contribution >= 0.6 is 0 Å². The summed E-state index contributed by atoms with van der Waals surface area (Å²) in [4.78, 5) is 17.1. The number of benzene rings is 1. The lowest BCUT2D eigenvalue weighted by molar-refractivity contribution is -0.174. The third-order valence-electron chi connectivity index (χ3n) is 3.62. The smallest absolute Gasteiger partial charge is 0.309 e. The molecule has 0 aliphatic carbocycles. The van der Waals surface area contributed by atoms with Gasteiger partial charge in [-0.1, -0.05) is 37.3 Å². The second-order valence-electron chi connectivity index (χ2n) is 4.84. The highest BCUT2D eigenvalue weighted by molar-refractivity contribution is 5.72. The Morgan fingerprint density at radius 1 is 1.33 bits per heavy atom. The topological polar surface area (TPSA) is 38.8 Å². The van der Waals surface area contributed by atoms with E-state index in [9.17, 15) is 4.79 Å². The van der Waals surface area contributed by atoms with Crippen molar-refractivity contribution >= 4 is 5.97 Å². The van der Waals surface area contributed by atoms with Gasteiger partial charge in [-0.2, -0.15) is 5.06 Å². The molecule has 4 heteroatoms. The number of hydrogen-bond donors (Lipinski definition) is 0. The van der Waals surface area contributed by atoms with Crippen LogP contribution in [-0.2, 0) is 20.9 Å². The quantitative estimate of drug-likeness (QED) is 0.765. The van der Waals surface area contributed by atoms with Crippen LogP contribution in [0.15, 0.2) is 30.3 Å². The molecule has 2 saturated heterocycles. The second-order valence-corrected chi connectivity index (χ2v) is 4.84. The molecule has 4 nitrogen and oxygen atoms in total. The van der Waals surface area contributed by atoms with Gasteiger partial charge in [0.1, 0.15) is 12.2 Å². The van der Waals surface area contributed by atoms with Crippen LogP contribution in [0, 0.1) is 0 Å². The van der Waals surface area contributed by atoms with E-state index in [1.54, 1.807) is 0 Å². The van der Waals surface area contributed by atoms with E-state index in [0.29, 0.717) is 6.42 Å². The number of fused-ring (bicyclic) bond motifs is 1. The van der Waals surface area contributed by atoms with Gasteiger partial charge in [0.05, 0.1) is 12.5 Å². The van der Waals surface area contributed by atoms with Crippen molar-refractivity contribution in [2.75, 3.05) is 0 Å².